The maximum absolute atomic E-state index is 13.1. The van der Waals surface area contributed by atoms with Crippen LogP contribution in [-0.4, -0.2) is 17.4 Å². The van der Waals surface area contributed by atoms with Crippen LogP contribution in [0, 0.1) is 0 Å². The molecule has 7 heteroatoms. The van der Waals surface area contributed by atoms with Crippen LogP contribution in [0.5, 0.6) is 0 Å². The smallest absolute Gasteiger partial charge is 0.361 e. The van der Waals surface area contributed by atoms with Gasteiger partial charge in [-0.1, -0.05) is 41.9 Å². The Morgan fingerprint density at radius 2 is 1.81 bits per heavy atom. The first-order valence-corrected chi connectivity index (χ1v) is 10.0. The maximum atomic E-state index is 13.1. The lowest BCUT2D eigenvalue weighted by atomic mass is 9.97. The summed E-state index contributed by atoms with van der Waals surface area (Å²) in [5.41, 5.74) is 2.34. The van der Waals surface area contributed by atoms with E-state index in [2.05, 4.69) is 10.3 Å². The molecule has 4 aromatic rings. The third-order valence-corrected chi connectivity index (χ3v) is 5.32. The average Bonchev–Trinajstić information content (AvgIpc) is 3.15. The normalized spacial score (nSPS) is 11.6. The molecular formula is C24H18ClF3N2O. The Labute approximate surface area is 181 Å². The van der Waals surface area contributed by atoms with Gasteiger partial charge in [-0.2, -0.15) is 13.2 Å². The number of benzene rings is 3. The number of hydrogen-bond donors (Lipinski definition) is 2. The van der Waals surface area contributed by atoms with Crippen molar-refractivity contribution in [3.63, 3.8) is 0 Å². The number of aromatic amines is 1. The zero-order chi connectivity index (χ0) is 22.0. The van der Waals surface area contributed by atoms with E-state index in [4.69, 9.17) is 11.6 Å². The SMILES string of the molecule is O=C(NCCc1c[nH]c2ccc(Cl)cc12)c1ccccc1-c1cccc(C(F)(F)F)c1. The first-order chi connectivity index (χ1) is 14.8. The minimum Gasteiger partial charge on any atom is -0.361 e. The molecular weight excluding hydrogens is 425 g/mol. The fourth-order valence-corrected chi connectivity index (χ4v) is 3.73. The maximum Gasteiger partial charge on any atom is 0.416 e. The van der Waals surface area contributed by atoms with Crippen LogP contribution in [0.25, 0.3) is 22.0 Å². The first kappa shape index (κ1) is 21.0. The van der Waals surface area contributed by atoms with Crippen LogP contribution in [0.15, 0.2) is 72.9 Å². The number of aromatic nitrogens is 1. The minimum absolute atomic E-state index is 0.323. The Bertz CT molecular complexity index is 1250. The van der Waals surface area contributed by atoms with E-state index >= 15 is 0 Å². The second-order valence-corrected chi connectivity index (χ2v) is 7.57. The molecule has 0 bridgehead atoms. The highest BCUT2D eigenvalue weighted by molar-refractivity contribution is 6.31. The van der Waals surface area contributed by atoms with Gasteiger partial charge >= 0.3 is 6.18 Å². The second kappa shape index (κ2) is 8.47. The van der Waals surface area contributed by atoms with Gasteiger partial charge in [-0.15, -0.1) is 0 Å². The van der Waals surface area contributed by atoms with Gasteiger partial charge in [-0.25, -0.2) is 0 Å². The van der Waals surface area contributed by atoms with E-state index in [-0.39, 0.29) is 5.91 Å². The van der Waals surface area contributed by atoms with E-state index in [0.29, 0.717) is 34.7 Å². The molecule has 0 saturated heterocycles. The molecule has 0 aliphatic carbocycles. The number of hydrogen-bond acceptors (Lipinski definition) is 1. The first-order valence-electron chi connectivity index (χ1n) is 9.63. The lowest BCUT2D eigenvalue weighted by molar-refractivity contribution is -0.137. The third kappa shape index (κ3) is 4.59. The Morgan fingerprint density at radius 3 is 2.61 bits per heavy atom. The lowest BCUT2D eigenvalue weighted by Crippen LogP contribution is -2.26. The van der Waals surface area contributed by atoms with Crippen LogP contribution in [0.2, 0.25) is 5.02 Å². The summed E-state index contributed by atoms with van der Waals surface area (Å²) in [6.07, 6.45) is -1.99. The predicted octanol–water partition coefficient (Wildman–Crippen LogP) is 6.48. The van der Waals surface area contributed by atoms with E-state index in [1.165, 1.54) is 6.07 Å². The molecule has 1 heterocycles. The molecule has 4 rings (SSSR count). The Hall–Kier alpha value is -3.25. The molecule has 0 saturated carbocycles. The number of H-pyrrole nitrogens is 1. The summed E-state index contributed by atoms with van der Waals surface area (Å²) in [4.78, 5) is 16.0. The van der Waals surface area contributed by atoms with Gasteiger partial charge in [0.25, 0.3) is 5.91 Å². The van der Waals surface area contributed by atoms with E-state index in [1.807, 2.05) is 18.3 Å². The van der Waals surface area contributed by atoms with Crippen LogP contribution in [0.3, 0.4) is 0 Å². The predicted molar refractivity (Wildman–Crippen MR) is 116 cm³/mol. The number of carbonyl (C=O) groups is 1. The van der Waals surface area contributed by atoms with Gasteiger partial charge in [0.2, 0.25) is 0 Å². The number of rotatable bonds is 5. The summed E-state index contributed by atoms with van der Waals surface area (Å²) >= 11 is 6.07. The summed E-state index contributed by atoms with van der Waals surface area (Å²) in [6, 6.07) is 17.2. The summed E-state index contributed by atoms with van der Waals surface area (Å²) < 4.78 is 39.3. The molecule has 31 heavy (non-hydrogen) atoms. The van der Waals surface area contributed by atoms with Gasteiger partial charge in [0.05, 0.1) is 5.56 Å². The van der Waals surface area contributed by atoms with Gasteiger partial charge in [0.1, 0.15) is 0 Å². The van der Waals surface area contributed by atoms with Gasteiger partial charge in [0, 0.05) is 34.2 Å². The molecule has 0 atom stereocenters. The molecule has 3 nitrogen and oxygen atoms in total. The van der Waals surface area contributed by atoms with Crippen LogP contribution in [0.4, 0.5) is 13.2 Å². The van der Waals surface area contributed by atoms with Crippen LogP contribution in [0.1, 0.15) is 21.5 Å². The molecule has 0 unspecified atom stereocenters. The highest BCUT2D eigenvalue weighted by Crippen LogP contribution is 2.33. The van der Waals surface area contributed by atoms with Gasteiger partial charge in [-0.3, -0.25) is 4.79 Å². The fraction of sp³-hybridized carbons (Fsp3) is 0.125. The summed E-state index contributed by atoms with van der Waals surface area (Å²) in [6.45, 7) is 0.370. The number of halogens is 4. The Kier molecular flexibility index (Phi) is 5.74. The standard InChI is InChI=1S/C24H18ClF3N2O/c25-18-8-9-22-21(13-18)16(14-30-22)10-11-29-23(31)20-7-2-1-6-19(20)15-4-3-5-17(12-15)24(26,27)28/h1-9,12-14,30H,10-11H2,(H,29,31). The van der Waals surface area contributed by atoms with Crippen molar-refractivity contribution in [2.24, 2.45) is 0 Å². The van der Waals surface area contributed by atoms with Crippen LogP contribution >= 0.6 is 11.6 Å². The molecule has 0 aliphatic rings. The van der Waals surface area contributed by atoms with Crippen molar-refractivity contribution in [2.75, 3.05) is 6.54 Å². The summed E-state index contributed by atoms with van der Waals surface area (Å²) in [7, 11) is 0. The quantitative estimate of drug-likeness (QED) is 0.365. The number of fused-ring (bicyclic) bond motifs is 1. The van der Waals surface area contributed by atoms with Crippen molar-refractivity contribution in [1.29, 1.82) is 0 Å². The monoisotopic (exact) mass is 442 g/mol. The molecule has 0 spiro atoms. The van der Waals surface area contributed by atoms with Crippen molar-refractivity contribution in [3.05, 3.63) is 94.6 Å². The summed E-state index contributed by atoms with van der Waals surface area (Å²) in [5, 5.41) is 4.49. The largest absolute Gasteiger partial charge is 0.416 e. The Balaban J connectivity index is 1.51. The van der Waals surface area contributed by atoms with Gasteiger partial charge < -0.3 is 10.3 Å². The van der Waals surface area contributed by atoms with Gasteiger partial charge in [0.15, 0.2) is 0 Å². The molecule has 0 fully saturated rings. The molecule has 3 aromatic carbocycles. The van der Waals surface area contributed by atoms with Crippen molar-refractivity contribution in [2.45, 2.75) is 12.6 Å². The number of carbonyl (C=O) groups excluding carboxylic acids is 1. The number of nitrogens with one attached hydrogen (secondary N) is 2. The topological polar surface area (TPSA) is 44.9 Å². The molecule has 0 radical (unpaired) electrons. The lowest BCUT2D eigenvalue weighted by Gasteiger charge is -2.12. The average molecular weight is 443 g/mol. The number of amides is 1. The second-order valence-electron chi connectivity index (χ2n) is 7.13. The summed E-state index contributed by atoms with van der Waals surface area (Å²) in [5.74, 6) is -0.342. The van der Waals surface area contributed by atoms with Gasteiger partial charge in [-0.05, 0) is 59.5 Å². The highest BCUT2D eigenvalue weighted by atomic mass is 35.5. The van der Waals surface area contributed by atoms with E-state index in [9.17, 15) is 18.0 Å². The van der Waals surface area contributed by atoms with E-state index in [0.717, 1.165) is 28.6 Å². The molecule has 1 amide bonds. The van der Waals surface area contributed by atoms with Crippen LogP contribution < -0.4 is 5.32 Å². The van der Waals surface area contributed by atoms with Crippen molar-refractivity contribution < 1.29 is 18.0 Å². The minimum atomic E-state index is -4.45. The zero-order valence-electron chi connectivity index (χ0n) is 16.3. The fourth-order valence-electron chi connectivity index (χ4n) is 3.56. The molecule has 1 aromatic heterocycles. The zero-order valence-corrected chi connectivity index (χ0v) is 17.0. The number of alkyl halides is 3. The van der Waals surface area contributed by atoms with Crippen LogP contribution in [-0.2, 0) is 12.6 Å². The Morgan fingerprint density at radius 1 is 1.00 bits per heavy atom. The van der Waals surface area contributed by atoms with Crippen molar-refractivity contribution >= 4 is 28.4 Å². The van der Waals surface area contributed by atoms with E-state index in [1.54, 1.807) is 36.4 Å². The molecule has 158 valence electrons. The highest BCUT2D eigenvalue weighted by Gasteiger charge is 2.30. The van der Waals surface area contributed by atoms with Crippen molar-refractivity contribution in [1.82, 2.24) is 10.3 Å². The molecule has 2 N–H and O–H groups in total. The molecule has 0 aliphatic heterocycles. The third-order valence-electron chi connectivity index (χ3n) is 5.08. The van der Waals surface area contributed by atoms with E-state index < -0.39 is 11.7 Å². The van der Waals surface area contributed by atoms with Crippen molar-refractivity contribution in [3.8, 4) is 11.1 Å².